The first-order valence-corrected chi connectivity index (χ1v) is 6.83. The fourth-order valence-corrected chi connectivity index (χ4v) is 2.33. The van der Waals surface area contributed by atoms with E-state index in [0.717, 1.165) is 16.4 Å². The maximum absolute atomic E-state index is 11.9. The first kappa shape index (κ1) is 11.4. The van der Waals surface area contributed by atoms with Crippen LogP contribution in [-0.4, -0.2) is 20.8 Å². The van der Waals surface area contributed by atoms with E-state index in [1.54, 1.807) is 23.6 Å². The molecule has 2 aromatic rings. The van der Waals surface area contributed by atoms with Gasteiger partial charge in [0.15, 0.2) is 0 Å². The van der Waals surface area contributed by atoms with Gasteiger partial charge in [-0.05, 0) is 19.8 Å². The quantitative estimate of drug-likeness (QED) is 0.909. The average molecular weight is 262 g/mol. The van der Waals surface area contributed by atoms with Crippen molar-refractivity contribution in [1.82, 2.24) is 14.8 Å². The number of nitrogens with one attached hydrogen (secondary N) is 1. The highest BCUT2D eigenvalue weighted by molar-refractivity contribution is 7.09. The van der Waals surface area contributed by atoms with Crippen molar-refractivity contribution in [2.45, 2.75) is 32.4 Å². The smallest absolute Gasteiger partial charge is 0.269 e. The van der Waals surface area contributed by atoms with Crippen molar-refractivity contribution in [2.75, 3.05) is 5.32 Å². The van der Waals surface area contributed by atoms with Gasteiger partial charge in [0, 0.05) is 17.5 Å². The summed E-state index contributed by atoms with van der Waals surface area (Å²) in [7, 11) is 0. The molecule has 18 heavy (non-hydrogen) atoms. The molecule has 0 unspecified atom stereocenters. The van der Waals surface area contributed by atoms with Crippen LogP contribution in [-0.2, 0) is 6.54 Å². The Labute approximate surface area is 108 Å². The summed E-state index contributed by atoms with van der Waals surface area (Å²) in [5.41, 5.74) is 1.61. The fourth-order valence-electron chi connectivity index (χ4n) is 1.73. The maximum Gasteiger partial charge on any atom is 0.269 e. The predicted molar refractivity (Wildman–Crippen MR) is 71.1 cm³/mol. The third-order valence-electron chi connectivity index (χ3n) is 2.80. The number of thiazole rings is 1. The zero-order valence-corrected chi connectivity index (χ0v) is 10.9. The summed E-state index contributed by atoms with van der Waals surface area (Å²) < 4.78 is 1.44. The molecule has 1 saturated carbocycles. The fraction of sp³-hybridized carbons (Fsp3) is 0.417. The Kier molecular flexibility index (Phi) is 2.87. The zero-order valence-electron chi connectivity index (χ0n) is 10.1. The van der Waals surface area contributed by atoms with Gasteiger partial charge in [0.2, 0.25) is 0 Å². The van der Waals surface area contributed by atoms with Gasteiger partial charge < -0.3 is 5.32 Å². The predicted octanol–water partition coefficient (Wildman–Crippen LogP) is 1.63. The van der Waals surface area contributed by atoms with E-state index in [0.29, 0.717) is 12.6 Å². The highest BCUT2D eigenvalue weighted by atomic mass is 32.1. The molecule has 94 valence electrons. The molecule has 6 heteroatoms. The van der Waals surface area contributed by atoms with E-state index < -0.39 is 0 Å². The van der Waals surface area contributed by atoms with E-state index in [4.69, 9.17) is 0 Å². The minimum Gasteiger partial charge on any atom is -0.381 e. The number of aromatic nitrogens is 3. The minimum atomic E-state index is -0.0914. The standard InChI is InChI=1S/C12H14N4OS/c1-8-14-11(7-18-8)6-16-12(17)4-10(5-13-16)15-9-2-3-9/h4-5,7,9,15H,2-3,6H2,1H3. The zero-order chi connectivity index (χ0) is 12.5. The summed E-state index contributed by atoms with van der Waals surface area (Å²) in [4.78, 5) is 16.2. The normalized spacial score (nSPS) is 14.7. The van der Waals surface area contributed by atoms with Gasteiger partial charge in [-0.2, -0.15) is 5.10 Å². The third kappa shape index (κ3) is 2.59. The van der Waals surface area contributed by atoms with Crippen molar-refractivity contribution in [2.24, 2.45) is 0 Å². The van der Waals surface area contributed by atoms with Gasteiger partial charge in [0.1, 0.15) is 0 Å². The van der Waals surface area contributed by atoms with Gasteiger partial charge >= 0.3 is 0 Å². The molecule has 0 bridgehead atoms. The summed E-state index contributed by atoms with van der Waals surface area (Å²) in [5, 5.41) is 10.4. The van der Waals surface area contributed by atoms with Gasteiger partial charge in [0.05, 0.1) is 29.1 Å². The molecule has 1 N–H and O–H groups in total. The van der Waals surface area contributed by atoms with Crippen molar-refractivity contribution >= 4 is 17.0 Å². The molecular formula is C12H14N4OS. The Morgan fingerprint density at radius 2 is 2.39 bits per heavy atom. The van der Waals surface area contributed by atoms with Gasteiger partial charge in [-0.15, -0.1) is 11.3 Å². The first-order valence-electron chi connectivity index (χ1n) is 5.95. The second-order valence-electron chi connectivity index (χ2n) is 4.52. The van der Waals surface area contributed by atoms with E-state index in [1.165, 1.54) is 17.5 Å². The maximum atomic E-state index is 11.9. The SMILES string of the molecule is Cc1nc(Cn2ncc(NC3CC3)cc2=O)cs1. The van der Waals surface area contributed by atoms with E-state index in [-0.39, 0.29) is 5.56 Å². The molecule has 3 rings (SSSR count). The second kappa shape index (κ2) is 4.53. The lowest BCUT2D eigenvalue weighted by Crippen LogP contribution is -2.23. The van der Waals surface area contributed by atoms with E-state index >= 15 is 0 Å². The molecule has 1 aliphatic rings. The van der Waals surface area contributed by atoms with Crippen LogP contribution < -0.4 is 10.9 Å². The Bertz CT molecular complexity index is 615. The average Bonchev–Trinajstić information content (AvgIpc) is 3.05. The summed E-state index contributed by atoms with van der Waals surface area (Å²) in [5.74, 6) is 0. The molecule has 0 spiro atoms. The van der Waals surface area contributed by atoms with Gasteiger partial charge in [0.25, 0.3) is 5.56 Å². The first-order chi connectivity index (χ1) is 8.70. The molecule has 0 atom stereocenters. The molecule has 1 aliphatic carbocycles. The Morgan fingerprint density at radius 3 is 3.00 bits per heavy atom. The van der Waals surface area contributed by atoms with Gasteiger partial charge in [-0.25, -0.2) is 9.67 Å². The molecule has 0 radical (unpaired) electrons. The lowest BCUT2D eigenvalue weighted by atomic mass is 10.4. The number of aryl methyl sites for hydroxylation is 1. The second-order valence-corrected chi connectivity index (χ2v) is 5.58. The largest absolute Gasteiger partial charge is 0.381 e. The van der Waals surface area contributed by atoms with Crippen LogP contribution in [0.1, 0.15) is 23.5 Å². The third-order valence-corrected chi connectivity index (χ3v) is 3.62. The summed E-state index contributed by atoms with van der Waals surface area (Å²) in [6.45, 7) is 2.39. The molecule has 5 nitrogen and oxygen atoms in total. The monoisotopic (exact) mass is 262 g/mol. The molecule has 2 heterocycles. The summed E-state index contributed by atoms with van der Waals surface area (Å²) in [6.07, 6.45) is 4.07. The summed E-state index contributed by atoms with van der Waals surface area (Å²) >= 11 is 1.58. The molecule has 0 aromatic carbocycles. The summed E-state index contributed by atoms with van der Waals surface area (Å²) in [6, 6.07) is 2.13. The highest BCUT2D eigenvalue weighted by Crippen LogP contribution is 2.23. The van der Waals surface area contributed by atoms with Crippen LogP contribution in [0.15, 0.2) is 22.4 Å². The number of anilines is 1. The van der Waals surface area contributed by atoms with Crippen LogP contribution in [0.3, 0.4) is 0 Å². The van der Waals surface area contributed by atoms with Crippen LogP contribution >= 0.6 is 11.3 Å². The van der Waals surface area contributed by atoms with Crippen LogP contribution in [0.25, 0.3) is 0 Å². The number of rotatable bonds is 4. The van der Waals surface area contributed by atoms with Crippen molar-refractivity contribution in [3.05, 3.63) is 38.7 Å². The van der Waals surface area contributed by atoms with Crippen LogP contribution in [0.5, 0.6) is 0 Å². The van der Waals surface area contributed by atoms with Crippen LogP contribution in [0.2, 0.25) is 0 Å². The minimum absolute atomic E-state index is 0.0914. The number of hydrogen-bond donors (Lipinski definition) is 1. The molecular weight excluding hydrogens is 248 g/mol. The Hall–Kier alpha value is -1.69. The van der Waals surface area contributed by atoms with E-state index in [1.807, 2.05) is 12.3 Å². The Morgan fingerprint density at radius 1 is 1.56 bits per heavy atom. The Balaban J connectivity index is 1.77. The molecule has 1 fully saturated rings. The van der Waals surface area contributed by atoms with Crippen LogP contribution in [0, 0.1) is 6.92 Å². The van der Waals surface area contributed by atoms with E-state index in [9.17, 15) is 4.79 Å². The van der Waals surface area contributed by atoms with Gasteiger partial charge in [-0.1, -0.05) is 0 Å². The number of nitrogens with zero attached hydrogens (tertiary/aromatic N) is 3. The number of hydrogen-bond acceptors (Lipinski definition) is 5. The van der Waals surface area contributed by atoms with Crippen LogP contribution in [0.4, 0.5) is 5.69 Å². The van der Waals surface area contributed by atoms with E-state index in [2.05, 4.69) is 15.4 Å². The topological polar surface area (TPSA) is 59.8 Å². The highest BCUT2D eigenvalue weighted by Gasteiger charge is 2.21. The van der Waals surface area contributed by atoms with Crippen molar-refractivity contribution in [3.63, 3.8) is 0 Å². The molecule has 0 saturated heterocycles. The lowest BCUT2D eigenvalue weighted by molar-refractivity contribution is 0.630. The molecule has 2 aromatic heterocycles. The molecule has 0 aliphatic heterocycles. The van der Waals surface area contributed by atoms with Crippen molar-refractivity contribution < 1.29 is 0 Å². The lowest BCUT2D eigenvalue weighted by Gasteiger charge is -2.05. The molecule has 0 amide bonds. The van der Waals surface area contributed by atoms with Gasteiger partial charge in [-0.3, -0.25) is 4.79 Å². The van der Waals surface area contributed by atoms with Crippen molar-refractivity contribution in [1.29, 1.82) is 0 Å². The van der Waals surface area contributed by atoms with Crippen molar-refractivity contribution in [3.8, 4) is 0 Å².